The molecule has 15 heteroatoms. The summed E-state index contributed by atoms with van der Waals surface area (Å²) in [5.41, 5.74) is 1.56. The molecule has 0 aliphatic heterocycles. The van der Waals surface area contributed by atoms with Crippen LogP contribution in [0, 0.1) is 11.3 Å². The summed E-state index contributed by atoms with van der Waals surface area (Å²) < 4.78 is 37.9. The number of hydrogen-bond donors (Lipinski definition) is 0. The molecule has 2 aromatic heterocycles. The number of nitriles is 1. The van der Waals surface area contributed by atoms with Crippen molar-refractivity contribution >= 4 is 76.5 Å². The smallest absolute Gasteiger partial charge is 0.408 e. The first-order valence-corrected chi connectivity index (χ1v) is 15.3. The Labute approximate surface area is 234 Å². The highest BCUT2D eigenvalue weighted by Crippen LogP contribution is 2.59. The summed E-state index contributed by atoms with van der Waals surface area (Å²) in [6.45, 7) is 3.31. The van der Waals surface area contributed by atoms with Gasteiger partial charge in [-0.3, -0.25) is 13.7 Å². The minimum atomic E-state index is -4.02. The van der Waals surface area contributed by atoms with E-state index < -0.39 is 19.1 Å². The largest absolute Gasteiger partial charge is 0.420 e. The van der Waals surface area contributed by atoms with Crippen LogP contribution in [0.5, 0.6) is 0 Å². The molecule has 38 heavy (non-hydrogen) atoms. The van der Waals surface area contributed by atoms with Crippen molar-refractivity contribution in [3.8, 4) is 6.07 Å². The van der Waals surface area contributed by atoms with Crippen LogP contribution in [0.2, 0.25) is 10.0 Å². The van der Waals surface area contributed by atoms with Crippen molar-refractivity contribution in [1.82, 2.24) is 9.13 Å². The molecule has 200 valence electrons. The predicted molar refractivity (Wildman–Crippen MR) is 150 cm³/mol. The van der Waals surface area contributed by atoms with E-state index in [1.807, 2.05) is 6.07 Å². The van der Waals surface area contributed by atoms with Gasteiger partial charge in [0.05, 0.1) is 40.2 Å². The highest BCUT2D eigenvalue weighted by Gasteiger charge is 2.34. The summed E-state index contributed by atoms with van der Waals surface area (Å²) in [4.78, 5) is 25.1. The third-order valence-corrected chi connectivity index (χ3v) is 10.3. The Morgan fingerprint density at radius 3 is 1.76 bits per heavy atom. The predicted octanol–water partition coefficient (Wildman–Crippen LogP) is 6.85. The Balaban J connectivity index is 1.76. The summed E-state index contributed by atoms with van der Waals surface area (Å²) >= 11 is 14.3. The number of benzene rings is 2. The van der Waals surface area contributed by atoms with Crippen LogP contribution in [0.1, 0.15) is 13.8 Å². The van der Waals surface area contributed by atoms with Crippen molar-refractivity contribution in [2.45, 2.75) is 25.6 Å². The molecule has 0 fully saturated rings. The van der Waals surface area contributed by atoms with Gasteiger partial charge in [-0.05, 0) is 50.2 Å². The Bertz CT molecular complexity index is 1620. The number of oxazole rings is 2. The van der Waals surface area contributed by atoms with Crippen molar-refractivity contribution in [1.29, 1.82) is 5.26 Å². The van der Waals surface area contributed by atoms with Gasteiger partial charge in [0, 0.05) is 10.0 Å². The first-order chi connectivity index (χ1) is 18.2. The van der Waals surface area contributed by atoms with Crippen LogP contribution in [0.15, 0.2) is 64.4 Å². The summed E-state index contributed by atoms with van der Waals surface area (Å²) in [5, 5.41) is 10.6. The van der Waals surface area contributed by atoms with Gasteiger partial charge in [0.1, 0.15) is 6.07 Å². The van der Waals surface area contributed by atoms with E-state index in [-0.39, 0.29) is 34.5 Å². The van der Waals surface area contributed by atoms with Crippen LogP contribution in [0.4, 0.5) is 0 Å². The molecule has 0 spiro atoms. The van der Waals surface area contributed by atoms with E-state index in [0.29, 0.717) is 32.2 Å². The molecule has 0 bridgehead atoms. The second-order valence-electron chi connectivity index (χ2n) is 7.44. The minimum Gasteiger partial charge on any atom is -0.408 e. The fourth-order valence-corrected chi connectivity index (χ4v) is 8.21. The standard InChI is InChI=1S/C23H20Cl2N3O7PS2/c1-3-32-36(31,33-4-2)20(11-26)21(37-12-27-16-9-14(24)5-7-18(16)34-22(27)29)38-13-28-17-10-15(25)6-8-19(17)35-23(28)30/h5-10H,3-4,12-13H2,1-2H3. The fraction of sp³-hybridized carbons (Fsp3) is 0.261. The Hall–Kier alpha value is -2.36. The molecule has 4 aromatic rings. The van der Waals surface area contributed by atoms with E-state index in [1.165, 1.54) is 9.13 Å². The van der Waals surface area contributed by atoms with Gasteiger partial charge in [0.2, 0.25) is 0 Å². The van der Waals surface area contributed by atoms with Gasteiger partial charge in [-0.2, -0.15) is 5.26 Å². The number of hydrogen-bond acceptors (Lipinski definition) is 10. The van der Waals surface area contributed by atoms with Crippen LogP contribution in [-0.2, 0) is 25.4 Å². The van der Waals surface area contributed by atoms with Crippen LogP contribution in [-0.4, -0.2) is 22.3 Å². The molecule has 0 atom stereocenters. The molecular formula is C23H20Cl2N3O7PS2. The maximum absolute atomic E-state index is 13.6. The van der Waals surface area contributed by atoms with Crippen molar-refractivity contribution in [3.05, 3.63) is 77.1 Å². The van der Waals surface area contributed by atoms with E-state index in [0.717, 1.165) is 23.5 Å². The number of thioether (sulfide) groups is 2. The second-order valence-corrected chi connectivity index (χ2v) is 12.4. The third-order valence-electron chi connectivity index (χ3n) is 5.08. The van der Waals surface area contributed by atoms with Crippen molar-refractivity contribution in [2.75, 3.05) is 13.2 Å². The molecule has 0 N–H and O–H groups in total. The van der Waals surface area contributed by atoms with Crippen LogP contribution >= 0.6 is 54.3 Å². The molecule has 0 amide bonds. The molecular weight excluding hydrogens is 596 g/mol. The highest BCUT2D eigenvalue weighted by molar-refractivity contribution is 8.21. The Morgan fingerprint density at radius 2 is 1.37 bits per heavy atom. The normalized spacial score (nSPS) is 11.8. The van der Waals surface area contributed by atoms with Crippen molar-refractivity contribution < 1.29 is 22.4 Å². The zero-order chi connectivity index (χ0) is 27.4. The SMILES string of the molecule is CCOP(=O)(OCC)C(C#N)=C(SCn1c(=O)oc2ccc(Cl)cc21)SCn1c(=O)oc2ccc(Cl)cc21. The van der Waals surface area contributed by atoms with Crippen molar-refractivity contribution in [3.63, 3.8) is 0 Å². The van der Waals surface area contributed by atoms with Crippen LogP contribution in [0.3, 0.4) is 0 Å². The summed E-state index contributed by atoms with van der Waals surface area (Å²) in [6, 6.07) is 11.5. The number of halogens is 2. The average Bonchev–Trinajstić information content (AvgIpc) is 3.35. The first-order valence-electron chi connectivity index (χ1n) is 11.1. The summed E-state index contributed by atoms with van der Waals surface area (Å²) in [5.74, 6) is -1.32. The van der Waals surface area contributed by atoms with E-state index in [4.69, 9.17) is 41.1 Å². The fourth-order valence-electron chi connectivity index (χ4n) is 3.46. The minimum absolute atomic E-state index is 0.0230. The lowest BCUT2D eigenvalue weighted by molar-refractivity contribution is 0.227. The van der Waals surface area contributed by atoms with Gasteiger partial charge >= 0.3 is 19.1 Å². The second kappa shape index (κ2) is 12.2. The number of allylic oxidation sites excluding steroid dienone is 1. The van der Waals surface area contributed by atoms with E-state index in [9.17, 15) is 19.4 Å². The monoisotopic (exact) mass is 615 g/mol. The van der Waals surface area contributed by atoms with E-state index in [1.54, 1.807) is 50.2 Å². The Morgan fingerprint density at radius 1 is 0.921 bits per heavy atom. The maximum Gasteiger partial charge on any atom is 0.420 e. The van der Waals surface area contributed by atoms with Crippen LogP contribution in [0.25, 0.3) is 22.2 Å². The van der Waals surface area contributed by atoms with Gasteiger partial charge in [0.25, 0.3) is 0 Å². The van der Waals surface area contributed by atoms with E-state index in [2.05, 4.69) is 0 Å². The molecule has 0 aliphatic carbocycles. The van der Waals surface area contributed by atoms with Crippen molar-refractivity contribution in [2.24, 2.45) is 0 Å². The molecule has 0 radical (unpaired) electrons. The zero-order valence-corrected chi connectivity index (χ0v) is 24.1. The molecule has 0 unspecified atom stereocenters. The molecule has 10 nitrogen and oxygen atoms in total. The highest BCUT2D eigenvalue weighted by atomic mass is 35.5. The molecule has 0 saturated heterocycles. The summed E-state index contributed by atoms with van der Waals surface area (Å²) in [6.07, 6.45) is 0. The summed E-state index contributed by atoms with van der Waals surface area (Å²) in [7, 11) is -4.02. The van der Waals surface area contributed by atoms with Gasteiger partial charge in [-0.1, -0.05) is 46.7 Å². The zero-order valence-electron chi connectivity index (χ0n) is 20.0. The van der Waals surface area contributed by atoms with Gasteiger partial charge in [-0.15, -0.1) is 0 Å². The van der Waals surface area contributed by atoms with Gasteiger partial charge in [0.15, 0.2) is 16.5 Å². The number of rotatable bonds is 11. The quantitative estimate of drug-likeness (QED) is 0.130. The maximum atomic E-state index is 13.6. The number of aromatic nitrogens is 2. The number of nitrogens with zero attached hydrogens (tertiary/aromatic N) is 3. The first kappa shape index (κ1) is 28.6. The van der Waals surface area contributed by atoms with Gasteiger partial charge < -0.3 is 17.9 Å². The molecule has 2 aromatic carbocycles. The van der Waals surface area contributed by atoms with Crippen LogP contribution < -0.4 is 11.5 Å². The molecule has 2 heterocycles. The lowest BCUT2D eigenvalue weighted by Gasteiger charge is -2.19. The molecule has 4 rings (SSSR count). The topological polar surface area (TPSA) is 130 Å². The number of fused-ring (bicyclic) bond motifs is 2. The lowest BCUT2D eigenvalue weighted by atomic mass is 10.3. The molecule has 0 saturated carbocycles. The molecule has 0 aliphatic rings. The Kier molecular flexibility index (Phi) is 9.21. The van der Waals surface area contributed by atoms with Gasteiger partial charge in [-0.25, -0.2) is 9.59 Å². The average molecular weight is 616 g/mol. The third kappa shape index (κ3) is 5.95. The van der Waals surface area contributed by atoms with E-state index >= 15 is 0 Å². The lowest BCUT2D eigenvalue weighted by Crippen LogP contribution is -2.14.